The maximum Gasteiger partial charge on any atom is 0.323 e. The summed E-state index contributed by atoms with van der Waals surface area (Å²) in [6.45, 7) is 1.86. The van der Waals surface area contributed by atoms with Crippen LogP contribution in [0.4, 0.5) is 11.4 Å². The third kappa shape index (κ3) is 3.56. The summed E-state index contributed by atoms with van der Waals surface area (Å²) >= 11 is 3.11. The molecule has 0 aliphatic carbocycles. The Kier molecular flexibility index (Phi) is 4.60. The van der Waals surface area contributed by atoms with Crippen molar-refractivity contribution in [1.82, 2.24) is 9.97 Å². The van der Waals surface area contributed by atoms with Gasteiger partial charge in [-0.25, -0.2) is 9.79 Å². The van der Waals surface area contributed by atoms with E-state index >= 15 is 0 Å². The standard InChI is InChI=1S/C18H16N4O2S2/c1-10(26-18-22-13-5-3-2-4-11(13)9-25-18)16(23)19-12-6-7-14-15(8-12)21-17(24)20-14/h2-8,10H,9H2,1H3,(H,19,23)(H2,20,21,24). The predicted octanol–water partition coefficient (Wildman–Crippen LogP) is 3.85. The molecular formula is C18H16N4O2S2. The van der Waals surface area contributed by atoms with Gasteiger partial charge in [-0.05, 0) is 36.8 Å². The zero-order valence-corrected chi connectivity index (χ0v) is 15.5. The Hall–Kier alpha value is -2.45. The number of benzene rings is 2. The van der Waals surface area contributed by atoms with Crippen LogP contribution in [0.15, 0.2) is 52.3 Å². The Balaban J connectivity index is 1.44. The van der Waals surface area contributed by atoms with Gasteiger partial charge in [0.25, 0.3) is 0 Å². The Morgan fingerprint density at radius 3 is 2.92 bits per heavy atom. The highest BCUT2D eigenvalue weighted by molar-refractivity contribution is 8.39. The van der Waals surface area contributed by atoms with E-state index in [9.17, 15) is 9.59 Å². The molecule has 1 aromatic heterocycles. The maximum absolute atomic E-state index is 12.5. The highest BCUT2D eigenvalue weighted by atomic mass is 32.2. The van der Waals surface area contributed by atoms with Gasteiger partial charge < -0.3 is 15.3 Å². The van der Waals surface area contributed by atoms with E-state index < -0.39 is 0 Å². The van der Waals surface area contributed by atoms with Crippen molar-refractivity contribution in [3.8, 4) is 0 Å². The molecule has 4 rings (SSSR count). The number of carbonyl (C=O) groups is 1. The van der Waals surface area contributed by atoms with Crippen LogP contribution in [0, 0.1) is 0 Å². The molecule has 132 valence electrons. The van der Waals surface area contributed by atoms with E-state index in [-0.39, 0.29) is 16.8 Å². The van der Waals surface area contributed by atoms with E-state index in [1.807, 2.05) is 25.1 Å². The molecule has 0 spiro atoms. The third-order valence-corrected chi connectivity index (χ3v) is 6.28. The van der Waals surface area contributed by atoms with Crippen LogP contribution in [-0.4, -0.2) is 25.5 Å². The third-order valence-electron chi connectivity index (χ3n) is 3.98. The van der Waals surface area contributed by atoms with Crippen LogP contribution in [0.5, 0.6) is 0 Å². The summed E-state index contributed by atoms with van der Waals surface area (Å²) in [6, 6.07) is 13.3. The molecule has 1 aliphatic rings. The van der Waals surface area contributed by atoms with Gasteiger partial charge in [-0.2, -0.15) is 0 Å². The lowest BCUT2D eigenvalue weighted by Crippen LogP contribution is -2.23. The molecule has 0 bridgehead atoms. The average Bonchev–Trinajstić information content (AvgIpc) is 3.01. The van der Waals surface area contributed by atoms with E-state index in [1.54, 1.807) is 30.0 Å². The lowest BCUT2D eigenvalue weighted by molar-refractivity contribution is -0.115. The van der Waals surface area contributed by atoms with E-state index in [0.29, 0.717) is 16.7 Å². The van der Waals surface area contributed by atoms with Crippen molar-refractivity contribution in [2.24, 2.45) is 4.99 Å². The largest absolute Gasteiger partial charge is 0.325 e. The molecule has 3 N–H and O–H groups in total. The van der Waals surface area contributed by atoms with Gasteiger partial charge in [0.1, 0.15) is 4.38 Å². The van der Waals surface area contributed by atoms with Gasteiger partial charge in [0.15, 0.2) is 0 Å². The van der Waals surface area contributed by atoms with Crippen LogP contribution in [0.2, 0.25) is 0 Å². The smallest absolute Gasteiger partial charge is 0.323 e. The number of carbonyl (C=O) groups excluding carboxylic acids is 1. The molecule has 2 aromatic carbocycles. The van der Waals surface area contributed by atoms with Gasteiger partial charge in [0.2, 0.25) is 5.91 Å². The number of aromatic nitrogens is 2. The number of rotatable bonds is 3. The van der Waals surface area contributed by atoms with E-state index in [2.05, 4.69) is 26.3 Å². The van der Waals surface area contributed by atoms with Crippen molar-refractivity contribution in [2.45, 2.75) is 17.9 Å². The second-order valence-corrected chi connectivity index (χ2v) is 8.44. The van der Waals surface area contributed by atoms with Crippen molar-refractivity contribution in [3.05, 3.63) is 58.5 Å². The van der Waals surface area contributed by atoms with Crippen LogP contribution in [0.1, 0.15) is 12.5 Å². The molecule has 0 saturated carbocycles. The molecule has 2 heterocycles. The average molecular weight is 384 g/mol. The van der Waals surface area contributed by atoms with Crippen molar-refractivity contribution < 1.29 is 4.79 Å². The van der Waals surface area contributed by atoms with Gasteiger partial charge in [-0.1, -0.05) is 41.7 Å². The van der Waals surface area contributed by atoms with Crippen LogP contribution < -0.4 is 11.0 Å². The topological polar surface area (TPSA) is 90.1 Å². The fraction of sp³-hybridized carbons (Fsp3) is 0.167. The van der Waals surface area contributed by atoms with Gasteiger partial charge >= 0.3 is 5.69 Å². The number of hydrogen-bond acceptors (Lipinski definition) is 5. The number of hydrogen-bond donors (Lipinski definition) is 3. The number of thioether (sulfide) groups is 2. The molecule has 0 radical (unpaired) electrons. The minimum Gasteiger partial charge on any atom is -0.325 e. The summed E-state index contributed by atoms with van der Waals surface area (Å²) in [6.07, 6.45) is 0. The van der Waals surface area contributed by atoms with E-state index in [0.717, 1.165) is 15.8 Å². The van der Waals surface area contributed by atoms with Crippen molar-refractivity contribution >= 4 is 56.2 Å². The minimum absolute atomic E-state index is 0.102. The summed E-state index contributed by atoms with van der Waals surface area (Å²) in [5.74, 6) is 0.766. The zero-order valence-electron chi connectivity index (χ0n) is 13.9. The van der Waals surface area contributed by atoms with Gasteiger partial charge in [-0.15, -0.1) is 0 Å². The lowest BCUT2D eigenvalue weighted by atomic mass is 10.2. The first kappa shape index (κ1) is 17.0. The van der Waals surface area contributed by atoms with Gasteiger partial charge in [0, 0.05) is 11.4 Å². The summed E-state index contributed by atoms with van der Waals surface area (Å²) < 4.78 is 0.900. The molecular weight excluding hydrogens is 368 g/mol. The minimum atomic E-state index is -0.285. The first-order valence-corrected chi connectivity index (χ1v) is 9.94. The SMILES string of the molecule is CC(SC1=Nc2ccccc2CS1)C(=O)Nc1ccc2[nH]c(=O)[nH]c2c1. The molecule has 8 heteroatoms. The number of amides is 1. The summed E-state index contributed by atoms with van der Waals surface area (Å²) in [5, 5.41) is 2.61. The van der Waals surface area contributed by atoms with Crippen LogP contribution in [0.25, 0.3) is 11.0 Å². The number of aliphatic imine (C=N–C) groups is 1. The zero-order chi connectivity index (χ0) is 18.1. The van der Waals surface area contributed by atoms with Crippen LogP contribution >= 0.6 is 23.5 Å². The van der Waals surface area contributed by atoms with E-state index in [4.69, 9.17) is 0 Å². The highest BCUT2D eigenvalue weighted by Gasteiger charge is 2.20. The number of fused-ring (bicyclic) bond motifs is 2. The van der Waals surface area contributed by atoms with Crippen LogP contribution in [0.3, 0.4) is 0 Å². The number of anilines is 1. The van der Waals surface area contributed by atoms with Crippen molar-refractivity contribution in [1.29, 1.82) is 0 Å². The summed E-state index contributed by atoms with van der Waals surface area (Å²) in [4.78, 5) is 33.8. The maximum atomic E-state index is 12.5. The molecule has 1 atom stereocenters. The fourth-order valence-corrected chi connectivity index (χ4v) is 4.82. The second-order valence-electron chi connectivity index (χ2n) is 5.88. The highest BCUT2D eigenvalue weighted by Crippen LogP contribution is 2.36. The predicted molar refractivity (Wildman–Crippen MR) is 109 cm³/mol. The van der Waals surface area contributed by atoms with Gasteiger partial charge in [0.05, 0.1) is 22.0 Å². The number of H-pyrrole nitrogens is 2. The molecule has 1 unspecified atom stereocenters. The number of imidazole rings is 1. The first-order chi connectivity index (χ1) is 12.6. The summed E-state index contributed by atoms with van der Waals surface area (Å²) in [5.41, 5.74) is 3.95. The second kappa shape index (κ2) is 7.05. The van der Waals surface area contributed by atoms with Crippen molar-refractivity contribution in [3.63, 3.8) is 0 Å². The molecule has 1 aliphatic heterocycles. The molecule has 6 nitrogen and oxygen atoms in total. The van der Waals surface area contributed by atoms with Gasteiger partial charge in [-0.3, -0.25) is 4.79 Å². The number of nitrogens with one attached hydrogen (secondary N) is 3. The lowest BCUT2D eigenvalue weighted by Gasteiger charge is -2.17. The number of aromatic amines is 2. The monoisotopic (exact) mass is 384 g/mol. The molecule has 0 fully saturated rings. The first-order valence-electron chi connectivity index (χ1n) is 8.07. The quantitative estimate of drug-likeness (QED) is 0.640. The Morgan fingerprint density at radius 1 is 1.23 bits per heavy atom. The fourth-order valence-electron chi connectivity index (χ4n) is 2.63. The number of nitrogens with zero attached hydrogens (tertiary/aromatic N) is 1. The summed E-state index contributed by atoms with van der Waals surface area (Å²) in [7, 11) is 0. The Morgan fingerprint density at radius 2 is 2.04 bits per heavy atom. The van der Waals surface area contributed by atoms with Crippen molar-refractivity contribution in [2.75, 3.05) is 5.32 Å². The Bertz CT molecular complexity index is 1070. The molecule has 26 heavy (non-hydrogen) atoms. The normalized spacial score (nSPS) is 14.6. The van der Waals surface area contributed by atoms with Crippen LogP contribution in [-0.2, 0) is 10.5 Å². The molecule has 1 amide bonds. The molecule has 0 saturated heterocycles. The molecule has 3 aromatic rings. The number of para-hydroxylation sites is 1. The Labute approximate surface area is 157 Å². The van der Waals surface area contributed by atoms with E-state index in [1.165, 1.54) is 17.3 Å².